The van der Waals surface area contributed by atoms with Gasteiger partial charge in [-0.2, -0.15) is 0 Å². The van der Waals surface area contributed by atoms with Gasteiger partial charge in [-0.05, 0) is 56.7 Å². The van der Waals surface area contributed by atoms with Gasteiger partial charge in [0.25, 0.3) is 5.91 Å². The summed E-state index contributed by atoms with van der Waals surface area (Å²) in [7, 11) is 0. The molecule has 0 aromatic heterocycles. The number of benzene rings is 2. The molecule has 2 aromatic rings. The highest BCUT2D eigenvalue weighted by Crippen LogP contribution is 2.21. The fraction of sp³-hybridized carbons (Fsp3) is 0.238. The Morgan fingerprint density at radius 3 is 2.23 bits per heavy atom. The van der Waals surface area contributed by atoms with Crippen LogP contribution in [-0.2, 0) is 9.53 Å². The summed E-state index contributed by atoms with van der Waals surface area (Å²) in [6, 6.07) is 10.1. The molecule has 0 unspecified atom stereocenters. The highest BCUT2D eigenvalue weighted by Gasteiger charge is 2.13. The van der Waals surface area contributed by atoms with Gasteiger partial charge in [0.15, 0.2) is 6.61 Å². The maximum Gasteiger partial charge on any atom is 0.344 e. The molecule has 0 radical (unpaired) electrons. The molecule has 31 heavy (non-hydrogen) atoms. The molecule has 3 amide bonds. The molecule has 0 fully saturated rings. The Bertz CT molecular complexity index is 961. The van der Waals surface area contributed by atoms with E-state index in [2.05, 4.69) is 10.6 Å². The first-order valence-corrected chi connectivity index (χ1v) is 9.15. The Morgan fingerprint density at radius 2 is 1.68 bits per heavy atom. The number of ether oxygens (including phenoxy) is 2. The smallest absolute Gasteiger partial charge is 0.344 e. The SMILES string of the molecule is Cc1cc(OCC(=O)OC(C)C)ccc1NC(=O)NC(=O)c1ccc(C(=N)N)cc1.Cl. The molecule has 0 saturated carbocycles. The lowest BCUT2D eigenvalue weighted by Gasteiger charge is -2.12. The van der Waals surface area contributed by atoms with Crippen molar-refractivity contribution in [2.45, 2.75) is 26.9 Å². The number of hydrogen-bond acceptors (Lipinski definition) is 6. The summed E-state index contributed by atoms with van der Waals surface area (Å²) in [5.74, 6) is -0.733. The molecule has 0 spiro atoms. The second-order valence-electron chi connectivity index (χ2n) is 6.70. The van der Waals surface area contributed by atoms with Gasteiger partial charge in [0, 0.05) is 16.8 Å². The molecule has 9 nitrogen and oxygen atoms in total. The summed E-state index contributed by atoms with van der Waals surface area (Å²) in [5.41, 5.74) is 7.26. The number of amidine groups is 1. The van der Waals surface area contributed by atoms with Crippen LogP contribution in [0, 0.1) is 12.3 Å². The maximum absolute atomic E-state index is 12.2. The summed E-state index contributed by atoms with van der Waals surface area (Å²) in [5, 5.41) is 12.2. The number of nitrogens with two attached hydrogens (primary N) is 1. The molecule has 2 rings (SSSR count). The van der Waals surface area contributed by atoms with Crippen molar-refractivity contribution in [3.8, 4) is 5.75 Å². The van der Waals surface area contributed by atoms with E-state index in [9.17, 15) is 14.4 Å². The van der Waals surface area contributed by atoms with Crippen molar-refractivity contribution >= 4 is 41.8 Å². The zero-order valence-electron chi connectivity index (χ0n) is 17.4. The standard InChI is InChI=1S/C21H24N4O5.ClH/c1-12(2)30-18(26)11-29-16-8-9-17(13(3)10-16)24-21(28)25-20(27)15-6-4-14(5-7-15)19(22)23;/h4-10,12H,11H2,1-3H3,(H3,22,23)(H2,24,25,27,28);1H. The van der Waals surface area contributed by atoms with Gasteiger partial charge >= 0.3 is 12.0 Å². The molecule has 5 N–H and O–H groups in total. The average Bonchev–Trinajstić information content (AvgIpc) is 2.67. The van der Waals surface area contributed by atoms with Crippen molar-refractivity contribution in [2.75, 3.05) is 11.9 Å². The second kappa shape index (κ2) is 11.6. The van der Waals surface area contributed by atoms with E-state index in [1.165, 1.54) is 24.3 Å². The predicted octanol–water partition coefficient (Wildman–Crippen LogP) is 2.99. The molecule has 0 heterocycles. The van der Waals surface area contributed by atoms with E-state index >= 15 is 0 Å². The number of imide groups is 1. The Kier molecular flexibility index (Phi) is 9.49. The van der Waals surface area contributed by atoms with Crippen LogP contribution in [0.1, 0.15) is 35.3 Å². The number of nitrogens with one attached hydrogen (secondary N) is 3. The minimum atomic E-state index is -0.701. The lowest BCUT2D eigenvalue weighted by Crippen LogP contribution is -2.34. The Balaban J connectivity index is 0.00000480. The monoisotopic (exact) mass is 448 g/mol. The van der Waals surface area contributed by atoms with Gasteiger partial charge in [-0.15, -0.1) is 12.4 Å². The maximum atomic E-state index is 12.2. The van der Waals surface area contributed by atoms with Gasteiger partial charge in [0.05, 0.1) is 6.10 Å². The quantitative estimate of drug-likeness (QED) is 0.291. The molecular weight excluding hydrogens is 424 g/mol. The number of carbonyl (C=O) groups is 3. The third-order valence-electron chi connectivity index (χ3n) is 3.86. The van der Waals surface area contributed by atoms with Crippen LogP contribution in [0.3, 0.4) is 0 Å². The van der Waals surface area contributed by atoms with Crippen LogP contribution in [0.15, 0.2) is 42.5 Å². The van der Waals surface area contributed by atoms with Crippen molar-refractivity contribution in [3.05, 3.63) is 59.2 Å². The van der Waals surface area contributed by atoms with Crippen LogP contribution in [0.4, 0.5) is 10.5 Å². The molecule has 0 bridgehead atoms. The van der Waals surface area contributed by atoms with E-state index in [1.807, 2.05) is 0 Å². The fourth-order valence-electron chi connectivity index (χ4n) is 2.44. The summed E-state index contributed by atoms with van der Waals surface area (Å²) < 4.78 is 10.4. The Morgan fingerprint density at radius 1 is 1.06 bits per heavy atom. The fourth-order valence-corrected chi connectivity index (χ4v) is 2.44. The zero-order valence-corrected chi connectivity index (χ0v) is 18.2. The number of rotatable bonds is 7. The number of esters is 1. The minimum Gasteiger partial charge on any atom is -0.482 e. The number of hydrogen-bond donors (Lipinski definition) is 4. The van der Waals surface area contributed by atoms with E-state index < -0.39 is 17.9 Å². The minimum absolute atomic E-state index is 0. The largest absolute Gasteiger partial charge is 0.482 e. The van der Waals surface area contributed by atoms with Crippen LogP contribution in [0.5, 0.6) is 5.75 Å². The summed E-state index contributed by atoms with van der Waals surface area (Å²) in [4.78, 5) is 35.8. The third kappa shape index (κ3) is 7.98. The number of aryl methyl sites for hydroxylation is 1. The van der Waals surface area contributed by atoms with Gasteiger partial charge in [-0.3, -0.25) is 15.5 Å². The topological polar surface area (TPSA) is 144 Å². The highest BCUT2D eigenvalue weighted by atomic mass is 35.5. The number of carbonyl (C=O) groups excluding carboxylic acids is 3. The lowest BCUT2D eigenvalue weighted by molar-refractivity contribution is -0.149. The normalized spacial score (nSPS) is 9.94. The molecule has 0 aliphatic carbocycles. The van der Waals surface area contributed by atoms with Crippen molar-refractivity contribution in [1.82, 2.24) is 5.32 Å². The number of nitrogen functional groups attached to an aromatic ring is 1. The van der Waals surface area contributed by atoms with E-state index in [1.54, 1.807) is 39.0 Å². The number of anilines is 1. The van der Waals surface area contributed by atoms with Gasteiger partial charge in [-0.25, -0.2) is 9.59 Å². The summed E-state index contributed by atoms with van der Waals surface area (Å²) in [6.45, 7) is 5.03. The first-order valence-electron chi connectivity index (χ1n) is 9.15. The van der Waals surface area contributed by atoms with Gasteiger partial charge < -0.3 is 20.5 Å². The first kappa shape index (κ1) is 25.4. The second-order valence-corrected chi connectivity index (χ2v) is 6.70. The van der Waals surface area contributed by atoms with Crippen molar-refractivity contribution in [3.63, 3.8) is 0 Å². The van der Waals surface area contributed by atoms with Crippen molar-refractivity contribution in [1.29, 1.82) is 5.41 Å². The van der Waals surface area contributed by atoms with Gasteiger partial charge in [-0.1, -0.05) is 12.1 Å². The first-order chi connectivity index (χ1) is 14.2. The van der Waals surface area contributed by atoms with Gasteiger partial charge in [0.1, 0.15) is 11.6 Å². The number of urea groups is 1. The lowest BCUT2D eigenvalue weighted by atomic mass is 10.1. The molecular formula is C21H25ClN4O5. The van der Waals surface area contributed by atoms with Crippen LogP contribution < -0.4 is 21.1 Å². The van der Waals surface area contributed by atoms with E-state index in [4.69, 9.17) is 20.6 Å². The van der Waals surface area contributed by atoms with E-state index in [-0.39, 0.29) is 36.5 Å². The van der Waals surface area contributed by atoms with Crippen LogP contribution >= 0.6 is 12.4 Å². The summed E-state index contributed by atoms with van der Waals surface area (Å²) in [6.07, 6.45) is -0.220. The van der Waals surface area contributed by atoms with E-state index in [0.717, 1.165) is 0 Å². The molecule has 2 aromatic carbocycles. The molecule has 0 aliphatic rings. The van der Waals surface area contributed by atoms with E-state index in [0.29, 0.717) is 22.6 Å². The zero-order chi connectivity index (χ0) is 22.3. The Hall–Kier alpha value is -3.59. The van der Waals surface area contributed by atoms with Crippen molar-refractivity contribution in [2.24, 2.45) is 5.73 Å². The number of amides is 3. The van der Waals surface area contributed by atoms with Crippen LogP contribution in [-0.4, -0.2) is 36.5 Å². The molecule has 166 valence electrons. The van der Waals surface area contributed by atoms with Crippen LogP contribution in [0.25, 0.3) is 0 Å². The average molecular weight is 449 g/mol. The molecule has 0 saturated heterocycles. The highest BCUT2D eigenvalue weighted by molar-refractivity contribution is 6.08. The summed E-state index contributed by atoms with van der Waals surface area (Å²) >= 11 is 0. The predicted molar refractivity (Wildman–Crippen MR) is 119 cm³/mol. The van der Waals surface area contributed by atoms with Crippen LogP contribution in [0.2, 0.25) is 0 Å². The number of halogens is 1. The van der Waals surface area contributed by atoms with Crippen molar-refractivity contribution < 1.29 is 23.9 Å². The molecule has 0 aliphatic heterocycles. The molecule has 0 atom stereocenters. The third-order valence-corrected chi connectivity index (χ3v) is 3.86. The van der Waals surface area contributed by atoms with Gasteiger partial charge in [0.2, 0.25) is 0 Å². The molecule has 10 heteroatoms. The Labute approximate surface area is 186 Å².